The average Bonchev–Trinajstić information content (AvgIpc) is 2.27. The third kappa shape index (κ3) is 5.71. The molecule has 0 aromatic heterocycles. The van der Waals surface area contributed by atoms with E-state index in [0.717, 1.165) is 0 Å². The van der Waals surface area contributed by atoms with Crippen molar-refractivity contribution < 1.29 is 9.90 Å². The Morgan fingerprint density at radius 2 is 1.89 bits per heavy atom. The molecule has 1 fully saturated rings. The van der Waals surface area contributed by atoms with E-state index in [-0.39, 0.29) is 24.2 Å². The summed E-state index contributed by atoms with van der Waals surface area (Å²) in [4.78, 5) is 11.9. The normalized spacial score (nSPS) is 19.3. The van der Waals surface area contributed by atoms with E-state index in [1.54, 1.807) is 0 Å². The summed E-state index contributed by atoms with van der Waals surface area (Å²) in [5, 5.41) is 15.1. The number of hydrogen-bond donors (Lipinski definition) is 3. The van der Waals surface area contributed by atoms with Crippen LogP contribution in [-0.2, 0) is 0 Å². The number of urea groups is 1. The lowest BCUT2D eigenvalue weighted by atomic mass is 9.83. The highest BCUT2D eigenvalue weighted by atomic mass is 16.3. The zero-order chi connectivity index (χ0) is 13.6. The predicted molar refractivity (Wildman–Crippen MR) is 73.5 cm³/mol. The van der Waals surface area contributed by atoms with Crippen LogP contribution in [0.25, 0.3) is 0 Å². The quantitative estimate of drug-likeness (QED) is 0.723. The van der Waals surface area contributed by atoms with Gasteiger partial charge in [-0.15, -0.1) is 0 Å². The molecule has 4 heteroatoms. The van der Waals surface area contributed by atoms with Crippen molar-refractivity contribution in [2.75, 3.05) is 6.61 Å². The fraction of sp³-hybridized carbons (Fsp3) is 0.929. The summed E-state index contributed by atoms with van der Waals surface area (Å²) >= 11 is 0. The molecule has 18 heavy (non-hydrogen) atoms. The molecule has 0 heterocycles. The van der Waals surface area contributed by atoms with E-state index >= 15 is 0 Å². The summed E-state index contributed by atoms with van der Waals surface area (Å²) in [6, 6.07) is -0.0100. The molecule has 3 N–H and O–H groups in total. The molecule has 106 valence electrons. The Balaban J connectivity index is 2.48. The van der Waals surface area contributed by atoms with E-state index < -0.39 is 0 Å². The maximum absolute atomic E-state index is 11.9. The Bertz CT molecular complexity index is 255. The summed E-state index contributed by atoms with van der Waals surface area (Å²) in [7, 11) is 0. The number of nitrogens with one attached hydrogen (secondary N) is 2. The van der Waals surface area contributed by atoms with Crippen LogP contribution < -0.4 is 10.6 Å². The van der Waals surface area contributed by atoms with E-state index in [9.17, 15) is 4.79 Å². The minimum Gasteiger partial charge on any atom is -0.396 e. The summed E-state index contributed by atoms with van der Waals surface area (Å²) in [6.07, 6.45) is 6.78. The van der Waals surface area contributed by atoms with E-state index in [4.69, 9.17) is 5.11 Å². The van der Waals surface area contributed by atoms with E-state index in [1.165, 1.54) is 32.1 Å². The third-order valence-corrected chi connectivity index (χ3v) is 3.46. The number of rotatable bonds is 4. The van der Waals surface area contributed by atoms with Gasteiger partial charge in [0, 0.05) is 18.2 Å². The van der Waals surface area contributed by atoms with Crippen LogP contribution in [0.4, 0.5) is 4.79 Å². The first-order valence-corrected chi connectivity index (χ1v) is 7.12. The SMILES string of the molecule is CC(C)(C)NC(=O)NC(CCO)C1CCCCC1. The molecule has 0 radical (unpaired) electrons. The van der Waals surface area contributed by atoms with Crippen LogP contribution in [0.3, 0.4) is 0 Å². The van der Waals surface area contributed by atoms with Gasteiger partial charge in [0.15, 0.2) is 0 Å². The maximum Gasteiger partial charge on any atom is 0.315 e. The second-order valence-electron chi connectivity index (χ2n) is 6.37. The second-order valence-corrected chi connectivity index (χ2v) is 6.37. The molecule has 2 amide bonds. The Kier molecular flexibility index (Phi) is 5.93. The van der Waals surface area contributed by atoms with Crippen molar-refractivity contribution in [3.8, 4) is 0 Å². The monoisotopic (exact) mass is 256 g/mol. The van der Waals surface area contributed by atoms with Crippen LogP contribution in [-0.4, -0.2) is 29.3 Å². The molecule has 0 aliphatic heterocycles. The van der Waals surface area contributed by atoms with Crippen molar-refractivity contribution in [2.45, 2.75) is 70.9 Å². The Hall–Kier alpha value is -0.770. The molecule has 0 spiro atoms. The smallest absolute Gasteiger partial charge is 0.315 e. The Morgan fingerprint density at radius 3 is 2.39 bits per heavy atom. The number of carbonyl (C=O) groups is 1. The molecule has 1 aliphatic carbocycles. The molecule has 0 aromatic rings. The van der Waals surface area contributed by atoms with Crippen molar-refractivity contribution in [3.63, 3.8) is 0 Å². The lowest BCUT2D eigenvalue weighted by molar-refractivity contribution is 0.192. The second kappa shape index (κ2) is 6.98. The van der Waals surface area contributed by atoms with Gasteiger partial charge < -0.3 is 15.7 Å². The molecular formula is C14H28N2O2. The van der Waals surface area contributed by atoms with Gasteiger partial charge in [-0.05, 0) is 46.0 Å². The van der Waals surface area contributed by atoms with Crippen LogP contribution in [0.15, 0.2) is 0 Å². The molecule has 1 atom stereocenters. The van der Waals surface area contributed by atoms with Crippen molar-refractivity contribution in [2.24, 2.45) is 5.92 Å². The van der Waals surface area contributed by atoms with Crippen LogP contribution in [0.2, 0.25) is 0 Å². The van der Waals surface area contributed by atoms with Gasteiger partial charge in [0.2, 0.25) is 0 Å². The first kappa shape index (κ1) is 15.3. The third-order valence-electron chi connectivity index (χ3n) is 3.46. The average molecular weight is 256 g/mol. The molecule has 0 bridgehead atoms. The zero-order valence-corrected chi connectivity index (χ0v) is 12.0. The number of hydrogen-bond acceptors (Lipinski definition) is 2. The number of aliphatic hydroxyl groups excluding tert-OH is 1. The van der Waals surface area contributed by atoms with Crippen LogP contribution >= 0.6 is 0 Å². The van der Waals surface area contributed by atoms with Gasteiger partial charge in [0.25, 0.3) is 0 Å². The fourth-order valence-corrected chi connectivity index (χ4v) is 2.65. The minimum atomic E-state index is -0.222. The van der Waals surface area contributed by atoms with Gasteiger partial charge in [0.1, 0.15) is 0 Å². The van der Waals surface area contributed by atoms with Crippen LogP contribution in [0.1, 0.15) is 59.3 Å². The van der Waals surface area contributed by atoms with E-state index in [1.807, 2.05) is 20.8 Å². The van der Waals surface area contributed by atoms with Gasteiger partial charge in [-0.1, -0.05) is 19.3 Å². The number of carbonyl (C=O) groups excluding carboxylic acids is 1. The molecule has 1 saturated carbocycles. The topological polar surface area (TPSA) is 61.4 Å². The predicted octanol–water partition coefficient (Wildman–Crippen LogP) is 2.42. The first-order valence-electron chi connectivity index (χ1n) is 7.12. The van der Waals surface area contributed by atoms with Gasteiger partial charge in [-0.25, -0.2) is 4.79 Å². The molecule has 1 unspecified atom stereocenters. The molecular weight excluding hydrogens is 228 g/mol. The lowest BCUT2D eigenvalue weighted by Crippen LogP contribution is -2.51. The molecule has 0 aromatic carbocycles. The van der Waals surface area contributed by atoms with Gasteiger partial charge >= 0.3 is 6.03 Å². The highest BCUT2D eigenvalue weighted by Crippen LogP contribution is 2.27. The highest BCUT2D eigenvalue weighted by molar-refractivity contribution is 5.75. The van der Waals surface area contributed by atoms with E-state index in [2.05, 4.69) is 10.6 Å². The van der Waals surface area contributed by atoms with Crippen molar-refractivity contribution in [1.82, 2.24) is 10.6 Å². The summed E-state index contributed by atoms with van der Waals surface area (Å²) < 4.78 is 0. The number of amides is 2. The van der Waals surface area contributed by atoms with Crippen molar-refractivity contribution >= 4 is 6.03 Å². The summed E-state index contributed by atoms with van der Waals surface area (Å²) in [6.45, 7) is 6.04. The lowest BCUT2D eigenvalue weighted by Gasteiger charge is -2.32. The largest absolute Gasteiger partial charge is 0.396 e. The molecule has 0 saturated heterocycles. The van der Waals surface area contributed by atoms with Crippen molar-refractivity contribution in [1.29, 1.82) is 0 Å². The fourth-order valence-electron chi connectivity index (χ4n) is 2.65. The zero-order valence-electron chi connectivity index (χ0n) is 12.0. The standard InChI is InChI=1S/C14H28N2O2/c1-14(2,3)16-13(18)15-12(9-10-17)11-7-5-4-6-8-11/h11-12,17H,4-10H2,1-3H3,(H2,15,16,18). The number of aliphatic hydroxyl groups is 1. The Morgan fingerprint density at radius 1 is 1.28 bits per heavy atom. The van der Waals surface area contributed by atoms with Crippen LogP contribution in [0, 0.1) is 5.92 Å². The van der Waals surface area contributed by atoms with Crippen molar-refractivity contribution in [3.05, 3.63) is 0 Å². The maximum atomic E-state index is 11.9. The van der Waals surface area contributed by atoms with E-state index in [0.29, 0.717) is 12.3 Å². The van der Waals surface area contributed by atoms with Crippen LogP contribution in [0.5, 0.6) is 0 Å². The Labute approximate surface area is 111 Å². The summed E-state index contributed by atoms with van der Waals surface area (Å²) in [5.41, 5.74) is -0.222. The highest BCUT2D eigenvalue weighted by Gasteiger charge is 2.25. The first-order chi connectivity index (χ1) is 8.42. The molecule has 4 nitrogen and oxygen atoms in total. The van der Waals surface area contributed by atoms with Gasteiger partial charge in [-0.2, -0.15) is 0 Å². The van der Waals surface area contributed by atoms with Gasteiger partial charge in [-0.3, -0.25) is 0 Å². The minimum absolute atomic E-state index is 0.109. The van der Waals surface area contributed by atoms with Gasteiger partial charge in [0.05, 0.1) is 0 Å². The summed E-state index contributed by atoms with van der Waals surface area (Å²) in [5.74, 6) is 0.525. The molecule has 1 rings (SSSR count). The molecule has 1 aliphatic rings.